The summed E-state index contributed by atoms with van der Waals surface area (Å²) < 4.78 is 11.3. The minimum Gasteiger partial charge on any atom is -0.490 e. The van der Waals surface area contributed by atoms with E-state index in [1.54, 1.807) is 35.6 Å². The molecule has 0 saturated carbocycles. The fourth-order valence-electron chi connectivity index (χ4n) is 1.87. The Kier molecular flexibility index (Phi) is 5.78. The van der Waals surface area contributed by atoms with Crippen LogP contribution in [0.1, 0.15) is 17.4 Å². The molecule has 23 heavy (non-hydrogen) atoms. The lowest BCUT2D eigenvalue weighted by atomic mass is 10.1. The van der Waals surface area contributed by atoms with Gasteiger partial charge in [0.2, 0.25) is 0 Å². The molecule has 2 aromatic rings. The zero-order valence-corrected chi connectivity index (χ0v) is 13.4. The summed E-state index contributed by atoms with van der Waals surface area (Å²) in [6, 6.07) is 10.9. The van der Waals surface area contributed by atoms with Gasteiger partial charge in [-0.25, -0.2) is 0 Å². The van der Waals surface area contributed by atoms with Crippen molar-refractivity contribution in [1.82, 2.24) is 0 Å². The van der Waals surface area contributed by atoms with Crippen LogP contribution in [0.4, 0.5) is 0 Å². The standard InChI is InChI=1S/C17H16N2O3S/c1-2-21-16-9-12(8-13(10-18)17(19)20)5-6-15(16)22-11-14-4-3-7-23-14/h3-9H,2,11H2,1H3,(H2,19,20)/b13-8+. The van der Waals surface area contributed by atoms with Crippen molar-refractivity contribution in [2.75, 3.05) is 6.61 Å². The van der Waals surface area contributed by atoms with Gasteiger partial charge in [0.25, 0.3) is 5.91 Å². The Morgan fingerprint density at radius 2 is 2.17 bits per heavy atom. The van der Waals surface area contributed by atoms with Gasteiger partial charge in [0.15, 0.2) is 11.5 Å². The van der Waals surface area contributed by atoms with E-state index in [-0.39, 0.29) is 5.57 Å². The highest BCUT2D eigenvalue weighted by Gasteiger charge is 2.09. The molecule has 0 fully saturated rings. The molecule has 0 spiro atoms. The summed E-state index contributed by atoms with van der Waals surface area (Å²) in [6.07, 6.45) is 1.42. The number of primary amides is 1. The predicted molar refractivity (Wildman–Crippen MR) is 89.0 cm³/mol. The third kappa shape index (κ3) is 4.59. The molecule has 1 heterocycles. The molecule has 118 valence electrons. The first-order valence-electron chi connectivity index (χ1n) is 6.97. The van der Waals surface area contributed by atoms with Gasteiger partial charge in [-0.1, -0.05) is 12.1 Å². The van der Waals surface area contributed by atoms with Crippen LogP contribution in [0.25, 0.3) is 6.08 Å². The zero-order valence-electron chi connectivity index (χ0n) is 12.6. The molecule has 1 aromatic carbocycles. The van der Waals surface area contributed by atoms with Gasteiger partial charge in [0, 0.05) is 4.88 Å². The maximum atomic E-state index is 11.1. The van der Waals surface area contributed by atoms with E-state index in [0.717, 1.165) is 4.88 Å². The monoisotopic (exact) mass is 328 g/mol. The summed E-state index contributed by atoms with van der Waals surface area (Å²) in [6.45, 7) is 2.80. The molecule has 0 saturated heterocycles. The maximum Gasteiger partial charge on any atom is 0.259 e. The van der Waals surface area contributed by atoms with Crippen molar-refractivity contribution in [3.63, 3.8) is 0 Å². The number of amides is 1. The van der Waals surface area contributed by atoms with Crippen LogP contribution in [0.3, 0.4) is 0 Å². The number of hydrogen-bond donors (Lipinski definition) is 1. The summed E-state index contributed by atoms with van der Waals surface area (Å²) in [4.78, 5) is 12.2. The largest absolute Gasteiger partial charge is 0.490 e. The zero-order chi connectivity index (χ0) is 16.7. The van der Waals surface area contributed by atoms with Crippen LogP contribution in [0, 0.1) is 11.3 Å². The van der Waals surface area contributed by atoms with E-state index in [1.165, 1.54) is 6.08 Å². The van der Waals surface area contributed by atoms with Gasteiger partial charge in [-0.2, -0.15) is 5.26 Å². The second-order valence-electron chi connectivity index (χ2n) is 4.54. The first-order chi connectivity index (χ1) is 11.1. The fraction of sp³-hybridized carbons (Fsp3) is 0.176. The minimum atomic E-state index is -0.761. The topological polar surface area (TPSA) is 85.3 Å². The van der Waals surface area contributed by atoms with Crippen LogP contribution in [-0.2, 0) is 11.4 Å². The Morgan fingerprint density at radius 3 is 2.78 bits per heavy atom. The van der Waals surface area contributed by atoms with Crippen LogP contribution in [0.15, 0.2) is 41.3 Å². The quantitative estimate of drug-likeness (QED) is 0.625. The molecule has 0 aliphatic rings. The Hall–Kier alpha value is -2.78. The number of nitrogens with two attached hydrogens (primary N) is 1. The number of thiophene rings is 1. The molecule has 6 heteroatoms. The van der Waals surface area contributed by atoms with E-state index in [4.69, 9.17) is 20.5 Å². The minimum absolute atomic E-state index is 0.111. The summed E-state index contributed by atoms with van der Waals surface area (Å²) in [7, 11) is 0. The van der Waals surface area contributed by atoms with Crippen molar-refractivity contribution >= 4 is 23.3 Å². The normalized spacial score (nSPS) is 10.9. The number of benzene rings is 1. The highest BCUT2D eigenvalue weighted by Crippen LogP contribution is 2.30. The Bertz CT molecular complexity index is 746. The summed E-state index contributed by atoms with van der Waals surface area (Å²) in [5, 5.41) is 10.9. The Labute approximate surface area is 138 Å². The van der Waals surface area contributed by atoms with Crippen LogP contribution in [0.2, 0.25) is 0 Å². The molecule has 0 radical (unpaired) electrons. The lowest BCUT2D eigenvalue weighted by Crippen LogP contribution is -2.12. The van der Waals surface area contributed by atoms with Gasteiger partial charge in [0.05, 0.1) is 6.61 Å². The van der Waals surface area contributed by atoms with Crippen LogP contribution in [0.5, 0.6) is 11.5 Å². The van der Waals surface area contributed by atoms with E-state index >= 15 is 0 Å². The van der Waals surface area contributed by atoms with Crippen molar-refractivity contribution in [2.24, 2.45) is 5.73 Å². The van der Waals surface area contributed by atoms with Gasteiger partial charge in [-0.3, -0.25) is 4.79 Å². The SMILES string of the molecule is CCOc1cc(/C=C(\C#N)C(N)=O)ccc1OCc1cccs1. The van der Waals surface area contributed by atoms with Gasteiger partial charge in [-0.05, 0) is 42.1 Å². The first-order valence-corrected chi connectivity index (χ1v) is 7.85. The molecule has 1 amide bonds. The second-order valence-corrected chi connectivity index (χ2v) is 5.57. The van der Waals surface area contributed by atoms with Crippen molar-refractivity contribution < 1.29 is 14.3 Å². The molecule has 5 nitrogen and oxygen atoms in total. The van der Waals surface area contributed by atoms with Gasteiger partial charge in [0.1, 0.15) is 18.2 Å². The number of ether oxygens (including phenoxy) is 2. The van der Waals surface area contributed by atoms with Crippen LogP contribution >= 0.6 is 11.3 Å². The van der Waals surface area contributed by atoms with E-state index in [2.05, 4.69) is 0 Å². The summed E-state index contributed by atoms with van der Waals surface area (Å²) in [5.74, 6) is 0.401. The lowest BCUT2D eigenvalue weighted by molar-refractivity contribution is -0.114. The molecular formula is C17H16N2O3S. The smallest absolute Gasteiger partial charge is 0.259 e. The van der Waals surface area contributed by atoms with Crippen LogP contribution < -0.4 is 15.2 Å². The molecule has 0 aliphatic carbocycles. The average Bonchev–Trinajstić information content (AvgIpc) is 3.05. The fourth-order valence-corrected chi connectivity index (χ4v) is 2.49. The Morgan fingerprint density at radius 1 is 1.35 bits per heavy atom. The number of nitriles is 1. The molecule has 2 N–H and O–H groups in total. The highest BCUT2D eigenvalue weighted by molar-refractivity contribution is 7.09. The van der Waals surface area contributed by atoms with Gasteiger partial charge >= 0.3 is 0 Å². The number of hydrogen-bond acceptors (Lipinski definition) is 5. The van der Waals surface area contributed by atoms with Crippen molar-refractivity contribution in [3.05, 3.63) is 51.7 Å². The molecule has 0 aliphatic heterocycles. The first kappa shape index (κ1) is 16.6. The van der Waals surface area contributed by atoms with Crippen LogP contribution in [-0.4, -0.2) is 12.5 Å². The van der Waals surface area contributed by atoms with E-state index in [0.29, 0.717) is 30.3 Å². The molecule has 2 rings (SSSR count). The van der Waals surface area contributed by atoms with Crippen molar-refractivity contribution in [1.29, 1.82) is 5.26 Å². The predicted octanol–water partition coefficient (Wildman–Crippen LogP) is 3.12. The van der Waals surface area contributed by atoms with Crippen molar-refractivity contribution in [2.45, 2.75) is 13.5 Å². The lowest BCUT2D eigenvalue weighted by Gasteiger charge is -2.12. The van der Waals surface area contributed by atoms with E-state index < -0.39 is 5.91 Å². The number of nitrogens with zero attached hydrogens (tertiary/aromatic N) is 1. The number of rotatable bonds is 7. The second kappa shape index (κ2) is 8.01. The number of carbonyl (C=O) groups is 1. The van der Waals surface area contributed by atoms with E-state index in [1.807, 2.05) is 24.4 Å². The molecule has 0 unspecified atom stereocenters. The number of carbonyl (C=O) groups excluding carboxylic acids is 1. The third-order valence-electron chi connectivity index (χ3n) is 2.91. The van der Waals surface area contributed by atoms with E-state index in [9.17, 15) is 4.79 Å². The maximum absolute atomic E-state index is 11.1. The Balaban J connectivity index is 2.23. The molecule has 1 aromatic heterocycles. The average molecular weight is 328 g/mol. The van der Waals surface area contributed by atoms with Crippen molar-refractivity contribution in [3.8, 4) is 17.6 Å². The molecule has 0 atom stereocenters. The third-order valence-corrected chi connectivity index (χ3v) is 3.76. The highest BCUT2D eigenvalue weighted by atomic mass is 32.1. The summed E-state index contributed by atoms with van der Waals surface area (Å²) in [5.41, 5.74) is 5.67. The molecule has 0 bridgehead atoms. The van der Waals surface area contributed by atoms with Gasteiger partial charge < -0.3 is 15.2 Å². The summed E-state index contributed by atoms with van der Waals surface area (Å²) >= 11 is 1.62. The van der Waals surface area contributed by atoms with Gasteiger partial charge in [-0.15, -0.1) is 11.3 Å². The molecular weight excluding hydrogens is 312 g/mol.